The summed E-state index contributed by atoms with van der Waals surface area (Å²) < 4.78 is 0. The molecule has 0 unspecified atom stereocenters. The first-order valence-electron chi connectivity index (χ1n) is 6.04. The normalized spacial score (nSPS) is 10.6. The molecule has 0 bridgehead atoms. The topological polar surface area (TPSA) is 57.8 Å². The van der Waals surface area contributed by atoms with Gasteiger partial charge in [-0.05, 0) is 37.3 Å². The zero-order valence-electron chi connectivity index (χ0n) is 10.5. The van der Waals surface area contributed by atoms with Gasteiger partial charge in [-0.3, -0.25) is 9.78 Å². The van der Waals surface area contributed by atoms with Crippen molar-refractivity contribution in [3.63, 3.8) is 0 Å². The molecule has 1 aromatic carbocycles. The van der Waals surface area contributed by atoms with E-state index >= 15 is 0 Å². The maximum absolute atomic E-state index is 12.3. The van der Waals surface area contributed by atoms with E-state index in [2.05, 4.69) is 15.3 Å². The molecule has 0 atom stereocenters. The second-order valence-corrected chi connectivity index (χ2v) is 4.38. The molecule has 2 N–H and O–H groups in total. The number of benzene rings is 1. The molecular weight excluding hydrogens is 238 g/mol. The van der Waals surface area contributed by atoms with E-state index in [-0.39, 0.29) is 5.91 Å². The van der Waals surface area contributed by atoms with E-state index in [9.17, 15) is 4.79 Å². The highest BCUT2D eigenvalue weighted by Crippen LogP contribution is 2.19. The first kappa shape index (κ1) is 11.5. The fourth-order valence-electron chi connectivity index (χ4n) is 2.11. The van der Waals surface area contributed by atoms with Gasteiger partial charge >= 0.3 is 0 Å². The van der Waals surface area contributed by atoms with Crippen LogP contribution >= 0.6 is 0 Å². The largest absolute Gasteiger partial charge is 0.361 e. The molecule has 19 heavy (non-hydrogen) atoms. The van der Waals surface area contributed by atoms with Gasteiger partial charge in [-0.2, -0.15) is 0 Å². The number of nitrogens with zero attached hydrogens (tertiary/aromatic N) is 1. The molecule has 0 saturated carbocycles. The van der Waals surface area contributed by atoms with Crippen LogP contribution in [-0.2, 0) is 0 Å². The second-order valence-electron chi connectivity index (χ2n) is 4.38. The summed E-state index contributed by atoms with van der Waals surface area (Å²) in [5, 5.41) is 3.81. The van der Waals surface area contributed by atoms with Gasteiger partial charge < -0.3 is 10.3 Å². The van der Waals surface area contributed by atoms with Crippen molar-refractivity contribution in [1.29, 1.82) is 0 Å². The molecule has 0 aliphatic heterocycles. The van der Waals surface area contributed by atoms with Crippen molar-refractivity contribution in [2.24, 2.45) is 0 Å². The Bertz CT molecular complexity index is 746. The average molecular weight is 251 g/mol. The van der Waals surface area contributed by atoms with Crippen molar-refractivity contribution in [2.45, 2.75) is 6.92 Å². The van der Waals surface area contributed by atoms with E-state index in [1.807, 2.05) is 43.5 Å². The quantitative estimate of drug-likeness (QED) is 0.735. The summed E-state index contributed by atoms with van der Waals surface area (Å²) in [5.74, 6) is -0.115. The molecule has 2 heterocycles. The summed E-state index contributed by atoms with van der Waals surface area (Å²) >= 11 is 0. The van der Waals surface area contributed by atoms with Crippen molar-refractivity contribution in [3.05, 3.63) is 60.0 Å². The van der Waals surface area contributed by atoms with Gasteiger partial charge in [-0.25, -0.2) is 0 Å². The zero-order chi connectivity index (χ0) is 13.2. The minimum atomic E-state index is -0.115. The van der Waals surface area contributed by atoms with Crippen molar-refractivity contribution in [1.82, 2.24) is 9.97 Å². The number of rotatable bonds is 2. The Morgan fingerprint density at radius 1 is 1.26 bits per heavy atom. The minimum Gasteiger partial charge on any atom is -0.361 e. The van der Waals surface area contributed by atoms with Crippen LogP contribution in [0.1, 0.15) is 16.1 Å². The van der Waals surface area contributed by atoms with Gasteiger partial charge in [-0.15, -0.1) is 0 Å². The molecular formula is C15H13N3O. The van der Waals surface area contributed by atoms with Crippen molar-refractivity contribution in [3.8, 4) is 0 Å². The predicted octanol–water partition coefficient (Wildman–Crippen LogP) is 3.12. The third kappa shape index (κ3) is 2.20. The fourth-order valence-corrected chi connectivity index (χ4v) is 2.11. The summed E-state index contributed by atoms with van der Waals surface area (Å²) in [4.78, 5) is 19.5. The molecule has 4 heteroatoms. The molecule has 3 rings (SSSR count). The summed E-state index contributed by atoms with van der Waals surface area (Å²) in [6.45, 7) is 1.89. The van der Waals surface area contributed by atoms with E-state index in [1.165, 1.54) is 0 Å². The number of pyridine rings is 1. The first-order chi connectivity index (χ1) is 9.24. The van der Waals surface area contributed by atoms with Crippen LogP contribution in [0.25, 0.3) is 10.9 Å². The van der Waals surface area contributed by atoms with Crippen LogP contribution in [0.15, 0.2) is 48.8 Å². The van der Waals surface area contributed by atoms with Crippen LogP contribution in [0.5, 0.6) is 0 Å². The Balaban J connectivity index is 1.94. The van der Waals surface area contributed by atoms with Gasteiger partial charge in [0.05, 0.1) is 0 Å². The van der Waals surface area contributed by atoms with Gasteiger partial charge in [0.2, 0.25) is 0 Å². The SMILES string of the molecule is Cc1cc(NC(=O)c2cccc3[nH]ccc23)ccn1. The molecule has 0 aliphatic carbocycles. The summed E-state index contributed by atoms with van der Waals surface area (Å²) in [6, 6.07) is 11.2. The van der Waals surface area contributed by atoms with Crippen molar-refractivity contribution >= 4 is 22.5 Å². The van der Waals surface area contributed by atoms with Gasteiger partial charge in [-0.1, -0.05) is 6.07 Å². The van der Waals surface area contributed by atoms with Gasteiger partial charge in [0.15, 0.2) is 0 Å². The van der Waals surface area contributed by atoms with Gasteiger partial charge in [0, 0.05) is 40.2 Å². The van der Waals surface area contributed by atoms with Crippen LogP contribution in [-0.4, -0.2) is 15.9 Å². The highest BCUT2D eigenvalue weighted by Gasteiger charge is 2.10. The zero-order valence-corrected chi connectivity index (χ0v) is 10.5. The molecule has 0 spiro atoms. The Hall–Kier alpha value is -2.62. The fraction of sp³-hybridized carbons (Fsp3) is 0.0667. The Morgan fingerprint density at radius 3 is 3.00 bits per heavy atom. The van der Waals surface area contributed by atoms with E-state index in [0.717, 1.165) is 22.3 Å². The highest BCUT2D eigenvalue weighted by molar-refractivity contribution is 6.12. The number of hydrogen-bond donors (Lipinski definition) is 2. The third-order valence-corrected chi connectivity index (χ3v) is 2.99. The lowest BCUT2D eigenvalue weighted by molar-refractivity contribution is 0.102. The first-order valence-corrected chi connectivity index (χ1v) is 6.04. The van der Waals surface area contributed by atoms with Crippen LogP contribution in [0.3, 0.4) is 0 Å². The second kappa shape index (κ2) is 4.57. The highest BCUT2D eigenvalue weighted by atomic mass is 16.1. The third-order valence-electron chi connectivity index (χ3n) is 2.99. The number of aromatic amines is 1. The van der Waals surface area contributed by atoms with Crippen molar-refractivity contribution in [2.75, 3.05) is 5.32 Å². The van der Waals surface area contributed by atoms with E-state index in [1.54, 1.807) is 12.3 Å². The summed E-state index contributed by atoms with van der Waals surface area (Å²) in [6.07, 6.45) is 3.51. The number of nitrogens with one attached hydrogen (secondary N) is 2. The Kier molecular flexibility index (Phi) is 2.76. The van der Waals surface area contributed by atoms with Crippen LogP contribution in [0.2, 0.25) is 0 Å². The lowest BCUT2D eigenvalue weighted by atomic mass is 10.1. The number of amides is 1. The predicted molar refractivity (Wildman–Crippen MR) is 75.2 cm³/mol. The average Bonchev–Trinajstić information content (AvgIpc) is 2.86. The lowest BCUT2D eigenvalue weighted by Gasteiger charge is -2.06. The van der Waals surface area contributed by atoms with Crippen LogP contribution < -0.4 is 5.32 Å². The molecule has 0 aliphatic rings. The standard InChI is InChI=1S/C15H13N3O/c1-10-9-11(5-7-16-10)18-15(19)13-3-2-4-14-12(13)6-8-17-14/h2-9,17H,1H3,(H,16,18,19). The maximum Gasteiger partial charge on any atom is 0.256 e. The number of carbonyl (C=O) groups excluding carboxylic acids is 1. The van der Waals surface area contributed by atoms with E-state index < -0.39 is 0 Å². The lowest BCUT2D eigenvalue weighted by Crippen LogP contribution is -2.12. The molecule has 0 fully saturated rings. The molecule has 0 saturated heterocycles. The number of fused-ring (bicyclic) bond motifs is 1. The molecule has 0 radical (unpaired) electrons. The monoisotopic (exact) mass is 251 g/mol. The molecule has 3 aromatic rings. The maximum atomic E-state index is 12.3. The van der Waals surface area contributed by atoms with Gasteiger partial charge in [0.1, 0.15) is 0 Å². The molecule has 4 nitrogen and oxygen atoms in total. The Labute approximate surface area is 110 Å². The molecule has 94 valence electrons. The van der Waals surface area contributed by atoms with Crippen molar-refractivity contribution < 1.29 is 4.79 Å². The summed E-state index contributed by atoms with van der Waals surface area (Å²) in [5.41, 5.74) is 3.24. The Morgan fingerprint density at radius 2 is 2.16 bits per heavy atom. The summed E-state index contributed by atoms with van der Waals surface area (Å²) in [7, 11) is 0. The van der Waals surface area contributed by atoms with Crippen LogP contribution in [0.4, 0.5) is 5.69 Å². The van der Waals surface area contributed by atoms with E-state index in [4.69, 9.17) is 0 Å². The van der Waals surface area contributed by atoms with E-state index in [0.29, 0.717) is 5.56 Å². The number of hydrogen-bond acceptors (Lipinski definition) is 2. The number of aryl methyl sites for hydroxylation is 1. The van der Waals surface area contributed by atoms with Crippen LogP contribution in [0, 0.1) is 6.92 Å². The minimum absolute atomic E-state index is 0.115. The number of anilines is 1. The smallest absolute Gasteiger partial charge is 0.256 e. The number of carbonyl (C=O) groups is 1. The number of H-pyrrole nitrogens is 1. The number of aromatic nitrogens is 2. The molecule has 1 amide bonds. The molecule has 2 aromatic heterocycles. The van der Waals surface area contributed by atoms with Gasteiger partial charge in [0.25, 0.3) is 5.91 Å².